The van der Waals surface area contributed by atoms with E-state index in [0.29, 0.717) is 12.8 Å². The molecule has 5 heteroatoms. The molecule has 0 aromatic carbocycles. The van der Waals surface area contributed by atoms with Gasteiger partial charge in [0.2, 0.25) is 5.91 Å². The summed E-state index contributed by atoms with van der Waals surface area (Å²) in [5, 5.41) is 2.86. The number of halogens is 1. The maximum atomic E-state index is 14.9. The monoisotopic (exact) mass is 323 g/mol. The van der Waals surface area contributed by atoms with Gasteiger partial charge in [-0.3, -0.25) is 9.59 Å². The number of piperidine rings is 1. The first kappa shape index (κ1) is 17.9. The molecule has 0 spiro atoms. The molecule has 0 bridgehead atoms. The van der Waals surface area contributed by atoms with Crippen LogP contribution >= 0.6 is 0 Å². The highest BCUT2D eigenvalue weighted by Gasteiger charge is 2.48. The zero-order valence-electron chi connectivity index (χ0n) is 14.1. The van der Waals surface area contributed by atoms with Crippen molar-refractivity contribution < 1.29 is 18.7 Å². The van der Waals surface area contributed by atoms with E-state index in [9.17, 15) is 14.0 Å². The highest BCUT2D eigenvalue weighted by Crippen LogP contribution is 2.38. The summed E-state index contributed by atoms with van der Waals surface area (Å²) in [4.78, 5) is 24.9. The van der Waals surface area contributed by atoms with Crippen molar-refractivity contribution in [2.75, 3.05) is 7.11 Å². The quantitative estimate of drug-likeness (QED) is 0.492. The van der Waals surface area contributed by atoms with Crippen LogP contribution < -0.4 is 5.32 Å². The third kappa shape index (κ3) is 3.92. The number of alkyl halides is 1. The van der Waals surface area contributed by atoms with Crippen molar-refractivity contribution in [3.63, 3.8) is 0 Å². The Bertz CT molecular complexity index is 492. The zero-order valence-corrected chi connectivity index (χ0v) is 14.1. The van der Waals surface area contributed by atoms with Crippen molar-refractivity contribution in [3.05, 3.63) is 0 Å². The predicted molar refractivity (Wildman–Crippen MR) is 85.3 cm³/mol. The Morgan fingerprint density at radius 2 is 2.09 bits per heavy atom. The molecule has 2 aliphatic rings. The molecule has 1 saturated heterocycles. The summed E-state index contributed by atoms with van der Waals surface area (Å²) < 4.78 is 20.4. The molecule has 128 valence electrons. The summed E-state index contributed by atoms with van der Waals surface area (Å²) in [7, 11) is 1.52. The van der Waals surface area contributed by atoms with Gasteiger partial charge in [0.05, 0.1) is 6.10 Å². The maximum absolute atomic E-state index is 14.9. The molecule has 5 unspecified atom stereocenters. The molecule has 1 aliphatic carbocycles. The molecule has 1 aliphatic heterocycles. The molecule has 1 heterocycles. The highest BCUT2D eigenvalue weighted by atomic mass is 19.1. The number of methoxy groups -OCH3 is 1. The number of amides is 1. The molecule has 4 nitrogen and oxygen atoms in total. The number of ether oxygens (including phenoxy) is 1. The maximum Gasteiger partial charge on any atom is 0.231 e. The van der Waals surface area contributed by atoms with E-state index in [2.05, 4.69) is 17.2 Å². The van der Waals surface area contributed by atoms with Crippen LogP contribution in [0.25, 0.3) is 0 Å². The summed E-state index contributed by atoms with van der Waals surface area (Å²) in [5.41, 5.74) is 0. The number of ketones is 1. The van der Waals surface area contributed by atoms with E-state index < -0.39 is 24.1 Å². The molecule has 23 heavy (non-hydrogen) atoms. The smallest absolute Gasteiger partial charge is 0.231 e. The highest BCUT2D eigenvalue weighted by molar-refractivity contribution is 6.04. The third-order valence-corrected chi connectivity index (χ3v) is 5.11. The molecule has 1 amide bonds. The van der Waals surface area contributed by atoms with Gasteiger partial charge in [0.15, 0.2) is 0 Å². The van der Waals surface area contributed by atoms with Gasteiger partial charge in [0, 0.05) is 31.4 Å². The van der Waals surface area contributed by atoms with Crippen LogP contribution in [0.2, 0.25) is 0 Å². The predicted octanol–water partition coefficient (Wildman–Crippen LogP) is 2.26. The van der Waals surface area contributed by atoms with Crippen LogP contribution in [0, 0.1) is 29.6 Å². The lowest BCUT2D eigenvalue weighted by Crippen LogP contribution is -2.54. The van der Waals surface area contributed by atoms with Crippen LogP contribution in [0.4, 0.5) is 4.39 Å². The van der Waals surface area contributed by atoms with Crippen LogP contribution in [0.1, 0.15) is 46.0 Å². The fraction of sp³-hybridized carbons (Fsp3) is 0.778. The first-order valence-corrected chi connectivity index (χ1v) is 8.44. The van der Waals surface area contributed by atoms with E-state index in [4.69, 9.17) is 4.74 Å². The molecular weight excluding hydrogens is 297 g/mol. The fourth-order valence-corrected chi connectivity index (χ4v) is 3.87. The number of nitrogens with one attached hydrogen (secondary N) is 1. The van der Waals surface area contributed by atoms with Gasteiger partial charge < -0.3 is 10.1 Å². The second-order valence-electron chi connectivity index (χ2n) is 6.53. The number of Topliss-reactive ketones (excluding diaryl/α,β-unsaturated/α-hetero) is 1. The van der Waals surface area contributed by atoms with E-state index in [1.54, 1.807) is 6.92 Å². The van der Waals surface area contributed by atoms with Gasteiger partial charge >= 0.3 is 0 Å². The Balaban J connectivity index is 2.24. The minimum absolute atomic E-state index is 0.0391. The Morgan fingerprint density at radius 1 is 1.35 bits per heavy atom. The second-order valence-corrected chi connectivity index (χ2v) is 6.53. The number of hydrogen-bond acceptors (Lipinski definition) is 3. The largest absolute Gasteiger partial charge is 0.381 e. The van der Waals surface area contributed by atoms with E-state index in [1.165, 1.54) is 7.11 Å². The molecule has 0 aromatic heterocycles. The number of carbonyl (C=O) groups excluding carboxylic acids is 2. The summed E-state index contributed by atoms with van der Waals surface area (Å²) in [6.45, 7) is 3.67. The minimum Gasteiger partial charge on any atom is -0.381 e. The average molecular weight is 323 g/mol. The topological polar surface area (TPSA) is 55.4 Å². The lowest BCUT2D eigenvalue weighted by molar-refractivity contribution is -0.146. The Morgan fingerprint density at radius 3 is 2.65 bits per heavy atom. The van der Waals surface area contributed by atoms with Crippen molar-refractivity contribution in [3.8, 4) is 11.8 Å². The van der Waals surface area contributed by atoms with Gasteiger partial charge in [0.1, 0.15) is 17.9 Å². The second kappa shape index (κ2) is 7.92. The van der Waals surface area contributed by atoms with E-state index in [0.717, 1.165) is 6.42 Å². The molecule has 1 N–H and O–H groups in total. The summed E-state index contributed by atoms with van der Waals surface area (Å²) in [6, 6.07) is -0.130. The van der Waals surface area contributed by atoms with E-state index in [1.807, 2.05) is 6.92 Å². The van der Waals surface area contributed by atoms with Crippen LogP contribution in [0.5, 0.6) is 0 Å². The van der Waals surface area contributed by atoms with Gasteiger partial charge in [-0.1, -0.05) is 6.92 Å². The first-order valence-electron chi connectivity index (χ1n) is 8.44. The zero-order chi connectivity index (χ0) is 17.0. The molecule has 1 saturated carbocycles. The van der Waals surface area contributed by atoms with Gasteiger partial charge in [-0.2, -0.15) is 0 Å². The summed E-state index contributed by atoms with van der Waals surface area (Å²) in [6.07, 6.45) is 0.920. The molecule has 6 atom stereocenters. The van der Waals surface area contributed by atoms with Gasteiger partial charge in [-0.25, -0.2) is 4.39 Å². The van der Waals surface area contributed by atoms with Crippen molar-refractivity contribution >= 4 is 11.7 Å². The standard InChI is InChI=1S/C18H26FNO3/c1-4-6-11-7-8-15(23-3)16(13(19)9-11)17-14(21)10-12(5-2)20-18(17)22/h11-13,15-17H,5,7-10H2,1-3H3,(H,20,22)/t11?,12?,13-,15?,16?,17?/m0/s1. The Kier molecular flexibility index (Phi) is 6.17. The van der Waals surface area contributed by atoms with Crippen LogP contribution in [-0.4, -0.2) is 37.1 Å². The Labute approximate surface area is 137 Å². The van der Waals surface area contributed by atoms with Crippen LogP contribution in [-0.2, 0) is 14.3 Å². The average Bonchev–Trinajstić information content (AvgIpc) is 2.66. The molecule has 2 fully saturated rings. The summed E-state index contributed by atoms with van der Waals surface area (Å²) >= 11 is 0. The van der Waals surface area contributed by atoms with Crippen molar-refractivity contribution in [1.82, 2.24) is 5.32 Å². The van der Waals surface area contributed by atoms with Gasteiger partial charge in [0.25, 0.3) is 0 Å². The first-order chi connectivity index (χ1) is 11.0. The summed E-state index contributed by atoms with van der Waals surface area (Å²) in [5.74, 6) is 3.68. The number of hydrogen-bond donors (Lipinski definition) is 1. The van der Waals surface area contributed by atoms with Gasteiger partial charge in [-0.05, 0) is 32.6 Å². The van der Waals surface area contributed by atoms with E-state index >= 15 is 0 Å². The van der Waals surface area contributed by atoms with E-state index in [-0.39, 0.29) is 36.5 Å². The molecular formula is C18H26FNO3. The molecule has 0 aromatic rings. The SMILES string of the molecule is CC#CC1CCC(OC)C(C2C(=O)CC(CC)NC2=O)[C@@H](F)C1. The molecule has 2 rings (SSSR count). The number of carbonyl (C=O) groups is 2. The minimum atomic E-state index is -1.26. The van der Waals surface area contributed by atoms with Crippen LogP contribution in [0.3, 0.4) is 0 Å². The lowest BCUT2D eigenvalue weighted by Gasteiger charge is -2.36. The Hall–Kier alpha value is -1.41. The van der Waals surface area contributed by atoms with Crippen molar-refractivity contribution in [1.29, 1.82) is 0 Å². The molecule has 0 radical (unpaired) electrons. The van der Waals surface area contributed by atoms with Crippen molar-refractivity contribution in [2.45, 2.75) is 64.3 Å². The number of rotatable bonds is 3. The van der Waals surface area contributed by atoms with Gasteiger partial charge in [-0.15, -0.1) is 11.8 Å². The third-order valence-electron chi connectivity index (χ3n) is 5.11. The normalized spacial score (nSPS) is 38.3. The lowest BCUT2D eigenvalue weighted by atomic mass is 9.76. The van der Waals surface area contributed by atoms with Crippen LogP contribution in [0.15, 0.2) is 0 Å². The van der Waals surface area contributed by atoms with Crippen molar-refractivity contribution in [2.24, 2.45) is 17.8 Å². The fourth-order valence-electron chi connectivity index (χ4n) is 3.87.